The quantitative estimate of drug-likeness (QED) is 0.696. The number of nitrogens with zero attached hydrogens (tertiary/aromatic N) is 1. The molecule has 2 rings (SSSR count). The minimum absolute atomic E-state index is 0.108. The van der Waals surface area contributed by atoms with Crippen LogP contribution >= 0.6 is 0 Å². The van der Waals surface area contributed by atoms with E-state index in [1.54, 1.807) is 33.5 Å². The fraction of sp³-hybridized carbons (Fsp3) is 0.556. The Bertz CT molecular complexity index is 625. The summed E-state index contributed by atoms with van der Waals surface area (Å²) >= 11 is 0. The van der Waals surface area contributed by atoms with Crippen LogP contribution in [0.2, 0.25) is 0 Å². The highest BCUT2D eigenvalue weighted by Gasteiger charge is 2.25. The third-order valence-corrected chi connectivity index (χ3v) is 4.49. The van der Waals surface area contributed by atoms with Crippen molar-refractivity contribution in [3.8, 4) is 17.2 Å². The summed E-state index contributed by atoms with van der Waals surface area (Å²) in [5.74, 6) is 1.01. The van der Waals surface area contributed by atoms with E-state index in [-0.39, 0.29) is 24.3 Å². The standard InChI is InChI=1S/C18H27N3O5/c1-24-14-7-12(8-15(25-2)17(14)26-3)9-20-16(22)11-21-6-4-5-13(10-21)18(19)23/h7-8,13H,4-6,9-11H2,1-3H3,(H2,19,23)(H,20,22)/t13-/m0/s1. The van der Waals surface area contributed by atoms with Crippen LogP contribution in [0.5, 0.6) is 17.2 Å². The van der Waals surface area contributed by atoms with Crippen LogP contribution in [-0.2, 0) is 16.1 Å². The average molecular weight is 365 g/mol. The molecule has 1 atom stereocenters. The number of carbonyl (C=O) groups excluding carboxylic acids is 2. The van der Waals surface area contributed by atoms with Gasteiger partial charge in [0.1, 0.15) is 0 Å². The van der Waals surface area contributed by atoms with Crippen molar-refractivity contribution in [3.63, 3.8) is 0 Å². The van der Waals surface area contributed by atoms with Gasteiger partial charge in [-0.05, 0) is 37.1 Å². The maximum atomic E-state index is 12.2. The van der Waals surface area contributed by atoms with Gasteiger partial charge in [-0.3, -0.25) is 14.5 Å². The van der Waals surface area contributed by atoms with Crippen LogP contribution in [0.1, 0.15) is 18.4 Å². The number of ether oxygens (including phenoxy) is 3. The van der Waals surface area contributed by atoms with Gasteiger partial charge in [-0.2, -0.15) is 0 Å². The first kappa shape index (κ1) is 19.8. The molecule has 3 N–H and O–H groups in total. The van der Waals surface area contributed by atoms with Crippen molar-refractivity contribution < 1.29 is 23.8 Å². The van der Waals surface area contributed by atoms with Gasteiger partial charge in [-0.25, -0.2) is 0 Å². The zero-order chi connectivity index (χ0) is 19.1. The number of benzene rings is 1. The Morgan fingerprint density at radius 2 is 1.85 bits per heavy atom. The van der Waals surface area contributed by atoms with E-state index in [2.05, 4.69) is 5.32 Å². The molecule has 0 radical (unpaired) electrons. The van der Waals surface area contributed by atoms with Crippen molar-refractivity contribution in [2.24, 2.45) is 11.7 Å². The molecule has 1 aliphatic heterocycles. The topological polar surface area (TPSA) is 103 Å². The lowest BCUT2D eigenvalue weighted by molar-refractivity contribution is -0.126. The molecule has 0 aliphatic carbocycles. The summed E-state index contributed by atoms with van der Waals surface area (Å²) in [5, 5.41) is 2.88. The number of rotatable bonds is 8. The lowest BCUT2D eigenvalue weighted by Crippen LogP contribution is -2.45. The van der Waals surface area contributed by atoms with Crippen LogP contribution in [0.25, 0.3) is 0 Å². The first-order chi connectivity index (χ1) is 12.5. The number of piperidine rings is 1. The van der Waals surface area contributed by atoms with Crippen molar-refractivity contribution in [3.05, 3.63) is 17.7 Å². The largest absolute Gasteiger partial charge is 0.493 e. The van der Waals surface area contributed by atoms with Crippen molar-refractivity contribution in [1.29, 1.82) is 0 Å². The van der Waals surface area contributed by atoms with Crippen molar-refractivity contribution in [1.82, 2.24) is 10.2 Å². The van der Waals surface area contributed by atoms with Crippen molar-refractivity contribution in [2.75, 3.05) is 41.0 Å². The fourth-order valence-corrected chi connectivity index (χ4v) is 3.13. The maximum Gasteiger partial charge on any atom is 0.234 e. The third kappa shape index (κ3) is 5.01. The van der Waals surface area contributed by atoms with E-state index < -0.39 is 0 Å². The van der Waals surface area contributed by atoms with E-state index in [0.717, 1.165) is 24.9 Å². The van der Waals surface area contributed by atoms with E-state index in [9.17, 15) is 9.59 Å². The monoisotopic (exact) mass is 365 g/mol. The molecule has 0 saturated carbocycles. The van der Waals surface area contributed by atoms with E-state index in [0.29, 0.717) is 30.3 Å². The number of hydrogen-bond acceptors (Lipinski definition) is 6. The number of nitrogens with one attached hydrogen (secondary N) is 1. The fourth-order valence-electron chi connectivity index (χ4n) is 3.13. The molecule has 1 heterocycles. The summed E-state index contributed by atoms with van der Waals surface area (Å²) in [6.45, 7) is 1.91. The summed E-state index contributed by atoms with van der Waals surface area (Å²) in [5.41, 5.74) is 6.21. The Kier molecular flexibility index (Phi) is 7.08. The highest BCUT2D eigenvalue weighted by Crippen LogP contribution is 2.38. The number of methoxy groups -OCH3 is 3. The Morgan fingerprint density at radius 3 is 2.38 bits per heavy atom. The Balaban J connectivity index is 1.93. The molecular weight excluding hydrogens is 338 g/mol. The van der Waals surface area contributed by atoms with Gasteiger partial charge in [-0.1, -0.05) is 0 Å². The molecule has 26 heavy (non-hydrogen) atoms. The number of carbonyl (C=O) groups is 2. The second-order valence-corrected chi connectivity index (χ2v) is 6.29. The first-order valence-electron chi connectivity index (χ1n) is 8.55. The molecule has 8 heteroatoms. The van der Waals surface area contributed by atoms with Gasteiger partial charge in [0.2, 0.25) is 17.6 Å². The normalized spacial score (nSPS) is 17.4. The molecule has 0 spiro atoms. The average Bonchev–Trinajstić information content (AvgIpc) is 2.65. The highest BCUT2D eigenvalue weighted by molar-refractivity contribution is 5.79. The number of primary amides is 1. The SMILES string of the molecule is COc1cc(CNC(=O)CN2CCC[C@H](C(N)=O)C2)cc(OC)c1OC. The summed E-state index contributed by atoms with van der Waals surface area (Å²) in [6.07, 6.45) is 1.66. The van der Waals surface area contributed by atoms with Crippen LogP contribution in [0, 0.1) is 5.92 Å². The van der Waals surface area contributed by atoms with Gasteiger partial charge in [0.15, 0.2) is 11.5 Å². The lowest BCUT2D eigenvalue weighted by atomic mass is 9.97. The number of nitrogens with two attached hydrogens (primary N) is 1. The number of amides is 2. The number of likely N-dealkylation sites (tertiary alicyclic amines) is 1. The van der Waals surface area contributed by atoms with Crippen molar-refractivity contribution in [2.45, 2.75) is 19.4 Å². The molecule has 144 valence electrons. The zero-order valence-corrected chi connectivity index (χ0v) is 15.5. The molecule has 0 unspecified atom stereocenters. The zero-order valence-electron chi connectivity index (χ0n) is 15.5. The van der Waals surface area contributed by atoms with Crippen LogP contribution < -0.4 is 25.3 Å². The minimum Gasteiger partial charge on any atom is -0.493 e. The van der Waals surface area contributed by atoms with Gasteiger partial charge in [0, 0.05) is 13.1 Å². The first-order valence-corrected chi connectivity index (χ1v) is 8.55. The predicted molar refractivity (Wildman–Crippen MR) is 96.3 cm³/mol. The molecule has 2 amide bonds. The van der Waals surface area contributed by atoms with E-state index in [1.165, 1.54) is 0 Å². The van der Waals surface area contributed by atoms with Gasteiger partial charge >= 0.3 is 0 Å². The molecule has 1 saturated heterocycles. The van der Waals surface area contributed by atoms with E-state index in [4.69, 9.17) is 19.9 Å². The Labute approximate surface area is 153 Å². The molecule has 1 aromatic carbocycles. The molecule has 1 fully saturated rings. The Hall–Kier alpha value is -2.48. The van der Waals surface area contributed by atoms with E-state index in [1.807, 2.05) is 4.90 Å². The predicted octanol–water partition coefficient (Wildman–Crippen LogP) is 0.526. The summed E-state index contributed by atoms with van der Waals surface area (Å²) in [6, 6.07) is 3.59. The summed E-state index contributed by atoms with van der Waals surface area (Å²) < 4.78 is 15.9. The molecule has 0 aromatic heterocycles. The molecule has 1 aliphatic rings. The van der Waals surface area contributed by atoms with Crippen LogP contribution in [0.3, 0.4) is 0 Å². The van der Waals surface area contributed by atoms with Crippen molar-refractivity contribution >= 4 is 11.8 Å². The molecule has 0 bridgehead atoms. The second-order valence-electron chi connectivity index (χ2n) is 6.29. The third-order valence-electron chi connectivity index (χ3n) is 4.49. The number of hydrogen-bond donors (Lipinski definition) is 2. The highest BCUT2D eigenvalue weighted by atomic mass is 16.5. The summed E-state index contributed by atoms with van der Waals surface area (Å²) in [4.78, 5) is 25.5. The minimum atomic E-state index is -0.299. The molecular formula is C18H27N3O5. The maximum absolute atomic E-state index is 12.2. The summed E-state index contributed by atoms with van der Waals surface area (Å²) in [7, 11) is 4.64. The van der Waals surface area contributed by atoms with E-state index >= 15 is 0 Å². The van der Waals surface area contributed by atoms with Crippen LogP contribution in [0.15, 0.2) is 12.1 Å². The van der Waals surface area contributed by atoms with Crippen LogP contribution in [-0.4, -0.2) is 57.7 Å². The molecule has 8 nitrogen and oxygen atoms in total. The van der Waals surface area contributed by atoms with Crippen LogP contribution in [0.4, 0.5) is 0 Å². The Morgan fingerprint density at radius 1 is 1.19 bits per heavy atom. The van der Waals surface area contributed by atoms with Gasteiger partial charge in [0.25, 0.3) is 0 Å². The van der Waals surface area contributed by atoms with Gasteiger partial charge in [-0.15, -0.1) is 0 Å². The van der Waals surface area contributed by atoms with Gasteiger partial charge in [0.05, 0.1) is 33.8 Å². The molecule has 1 aromatic rings. The lowest BCUT2D eigenvalue weighted by Gasteiger charge is -2.30. The van der Waals surface area contributed by atoms with Gasteiger partial charge < -0.3 is 25.3 Å². The smallest absolute Gasteiger partial charge is 0.234 e. The second kappa shape index (κ2) is 9.28.